The van der Waals surface area contributed by atoms with Gasteiger partial charge in [-0.15, -0.1) is 0 Å². The molecule has 1 heterocycles. The first kappa shape index (κ1) is 10.0. The van der Waals surface area contributed by atoms with Gasteiger partial charge in [0.05, 0.1) is 0 Å². The normalized spacial score (nSPS) is 28.5. The van der Waals surface area contributed by atoms with Gasteiger partial charge in [-0.05, 0) is 30.5 Å². The second-order valence-corrected chi connectivity index (χ2v) is 4.69. The molecular weight excluding hydrogens is 201 g/mol. The highest BCUT2D eigenvalue weighted by Gasteiger charge is 2.38. The molecule has 84 valence electrons. The summed E-state index contributed by atoms with van der Waals surface area (Å²) < 4.78 is 13.7. The number of hydrogen-bond donors (Lipinski definition) is 0. The van der Waals surface area contributed by atoms with Crippen molar-refractivity contribution >= 4 is 5.57 Å². The highest BCUT2D eigenvalue weighted by molar-refractivity contribution is 5.72. The number of likely N-dealkylation sites (N-methyl/N-ethyl adjacent to an activating group) is 1. The summed E-state index contributed by atoms with van der Waals surface area (Å²) in [7, 11) is 0. The second kappa shape index (κ2) is 3.70. The Morgan fingerprint density at radius 3 is 2.81 bits per heavy atom. The van der Waals surface area contributed by atoms with Crippen molar-refractivity contribution in [3.05, 3.63) is 41.7 Å². The Balaban J connectivity index is 1.95. The zero-order chi connectivity index (χ0) is 11.1. The Morgan fingerprint density at radius 1 is 1.38 bits per heavy atom. The van der Waals surface area contributed by atoms with Gasteiger partial charge in [0.25, 0.3) is 0 Å². The summed E-state index contributed by atoms with van der Waals surface area (Å²) in [5.74, 6) is 0.464. The monoisotopic (exact) mass is 217 g/mol. The number of benzene rings is 1. The van der Waals surface area contributed by atoms with Crippen LogP contribution in [-0.4, -0.2) is 24.0 Å². The van der Waals surface area contributed by atoms with Gasteiger partial charge >= 0.3 is 0 Å². The van der Waals surface area contributed by atoms with Crippen LogP contribution in [0.1, 0.15) is 18.9 Å². The first-order valence-electron chi connectivity index (χ1n) is 6.00. The van der Waals surface area contributed by atoms with Crippen LogP contribution in [0.3, 0.4) is 0 Å². The molecule has 0 amide bonds. The summed E-state index contributed by atoms with van der Waals surface area (Å²) in [6.07, 6.45) is 3.44. The molecule has 1 fully saturated rings. The number of likely N-dealkylation sites (tertiary alicyclic amines) is 1. The van der Waals surface area contributed by atoms with Gasteiger partial charge in [-0.3, -0.25) is 4.90 Å². The zero-order valence-corrected chi connectivity index (χ0v) is 9.49. The van der Waals surface area contributed by atoms with Crippen LogP contribution in [0.15, 0.2) is 30.3 Å². The molecule has 1 aromatic carbocycles. The van der Waals surface area contributed by atoms with E-state index in [9.17, 15) is 4.39 Å². The third-order valence-corrected chi connectivity index (χ3v) is 3.85. The molecule has 2 bridgehead atoms. The van der Waals surface area contributed by atoms with Gasteiger partial charge in [0.2, 0.25) is 0 Å². The molecule has 0 N–H and O–H groups in total. The molecule has 2 heteroatoms. The molecule has 1 nitrogen and oxygen atoms in total. The van der Waals surface area contributed by atoms with E-state index in [0.29, 0.717) is 12.0 Å². The van der Waals surface area contributed by atoms with Gasteiger partial charge in [0.15, 0.2) is 0 Å². The van der Waals surface area contributed by atoms with Crippen molar-refractivity contribution in [2.24, 2.45) is 5.92 Å². The van der Waals surface area contributed by atoms with Crippen molar-refractivity contribution in [2.45, 2.75) is 19.4 Å². The van der Waals surface area contributed by atoms with Crippen LogP contribution in [0.25, 0.3) is 5.57 Å². The lowest BCUT2D eigenvalue weighted by molar-refractivity contribution is 0.297. The van der Waals surface area contributed by atoms with Crippen LogP contribution in [-0.2, 0) is 0 Å². The summed E-state index contributed by atoms with van der Waals surface area (Å²) in [6.45, 7) is 4.39. The number of rotatable bonds is 2. The van der Waals surface area contributed by atoms with Gasteiger partial charge in [0, 0.05) is 18.2 Å². The van der Waals surface area contributed by atoms with E-state index in [1.807, 2.05) is 12.1 Å². The van der Waals surface area contributed by atoms with Crippen molar-refractivity contribution in [1.29, 1.82) is 0 Å². The van der Waals surface area contributed by atoms with Gasteiger partial charge in [-0.25, -0.2) is 4.39 Å². The van der Waals surface area contributed by atoms with E-state index < -0.39 is 0 Å². The van der Waals surface area contributed by atoms with Crippen LogP contribution in [0.2, 0.25) is 0 Å². The largest absolute Gasteiger partial charge is 0.297 e. The van der Waals surface area contributed by atoms with Crippen molar-refractivity contribution < 1.29 is 4.39 Å². The van der Waals surface area contributed by atoms with Crippen LogP contribution in [0, 0.1) is 11.7 Å². The Kier molecular flexibility index (Phi) is 2.32. The van der Waals surface area contributed by atoms with Crippen molar-refractivity contribution in [3.8, 4) is 0 Å². The molecule has 1 aliphatic carbocycles. The molecule has 0 radical (unpaired) electrons. The van der Waals surface area contributed by atoms with Crippen molar-refractivity contribution in [2.75, 3.05) is 13.1 Å². The van der Waals surface area contributed by atoms with Crippen LogP contribution < -0.4 is 0 Å². The molecule has 1 aliphatic heterocycles. The third-order valence-electron chi connectivity index (χ3n) is 3.85. The predicted molar refractivity (Wildman–Crippen MR) is 63.5 cm³/mol. The Morgan fingerprint density at radius 2 is 2.19 bits per heavy atom. The standard InChI is InChI=1S/C14H16FN/c1-2-16-9-10-7-11(16)8-13(10)12-5-3-4-6-14(12)15/h3-6,8,10-11H,2,7,9H2,1H3. The highest BCUT2D eigenvalue weighted by Crippen LogP contribution is 2.42. The molecule has 1 aromatic rings. The van der Waals surface area contributed by atoms with Gasteiger partial charge in [-0.1, -0.05) is 31.2 Å². The summed E-state index contributed by atoms with van der Waals surface area (Å²) in [4.78, 5) is 2.47. The third kappa shape index (κ3) is 1.40. The molecule has 1 saturated heterocycles. The molecule has 0 saturated carbocycles. The predicted octanol–water partition coefficient (Wildman–Crippen LogP) is 2.93. The Bertz CT molecular complexity index is 438. The fraction of sp³-hybridized carbons (Fsp3) is 0.429. The smallest absolute Gasteiger partial charge is 0.130 e. The van der Waals surface area contributed by atoms with Gasteiger partial charge < -0.3 is 0 Å². The molecule has 16 heavy (non-hydrogen) atoms. The zero-order valence-electron chi connectivity index (χ0n) is 9.49. The quantitative estimate of drug-likeness (QED) is 0.736. The van der Waals surface area contributed by atoms with E-state index in [0.717, 1.165) is 18.7 Å². The minimum absolute atomic E-state index is 0.0793. The maximum absolute atomic E-state index is 13.7. The first-order chi connectivity index (χ1) is 7.79. The fourth-order valence-corrected chi connectivity index (χ4v) is 3.04. The Hall–Kier alpha value is -1.15. The van der Waals surface area contributed by atoms with E-state index in [4.69, 9.17) is 0 Å². The van der Waals surface area contributed by atoms with E-state index >= 15 is 0 Å². The lowest BCUT2D eigenvalue weighted by atomic mass is 9.95. The summed E-state index contributed by atoms with van der Waals surface area (Å²) >= 11 is 0. The summed E-state index contributed by atoms with van der Waals surface area (Å²) in [5.41, 5.74) is 2.04. The molecule has 2 unspecified atom stereocenters. The van der Waals surface area contributed by atoms with Crippen LogP contribution in [0.5, 0.6) is 0 Å². The van der Waals surface area contributed by atoms with Gasteiger partial charge in [0.1, 0.15) is 5.82 Å². The average molecular weight is 217 g/mol. The minimum Gasteiger partial charge on any atom is -0.297 e. The molecule has 0 spiro atoms. The maximum atomic E-state index is 13.7. The lowest BCUT2D eigenvalue weighted by Gasteiger charge is -2.24. The van der Waals surface area contributed by atoms with E-state index in [2.05, 4.69) is 17.9 Å². The van der Waals surface area contributed by atoms with E-state index in [1.165, 1.54) is 12.0 Å². The van der Waals surface area contributed by atoms with Crippen LogP contribution in [0.4, 0.5) is 4.39 Å². The maximum Gasteiger partial charge on any atom is 0.130 e. The van der Waals surface area contributed by atoms with E-state index in [1.54, 1.807) is 12.1 Å². The second-order valence-electron chi connectivity index (χ2n) is 4.69. The lowest BCUT2D eigenvalue weighted by Crippen LogP contribution is -2.30. The average Bonchev–Trinajstić information content (AvgIpc) is 2.88. The minimum atomic E-state index is -0.0793. The molecular formula is C14H16FN. The van der Waals surface area contributed by atoms with Crippen molar-refractivity contribution in [1.82, 2.24) is 4.90 Å². The SMILES string of the molecule is CCN1CC2CC1C=C2c1ccccc1F. The summed E-state index contributed by atoms with van der Waals surface area (Å²) in [6, 6.07) is 7.68. The molecule has 0 aromatic heterocycles. The molecule has 2 atom stereocenters. The molecule has 2 aliphatic rings. The number of nitrogens with zero attached hydrogens (tertiary/aromatic N) is 1. The topological polar surface area (TPSA) is 3.24 Å². The number of fused-ring (bicyclic) bond motifs is 2. The van der Waals surface area contributed by atoms with Crippen molar-refractivity contribution in [3.63, 3.8) is 0 Å². The summed E-state index contributed by atoms with van der Waals surface area (Å²) in [5, 5.41) is 0. The number of hydrogen-bond acceptors (Lipinski definition) is 1. The number of halogens is 1. The Labute approximate surface area is 95.6 Å². The highest BCUT2D eigenvalue weighted by atomic mass is 19.1. The fourth-order valence-electron chi connectivity index (χ4n) is 3.04. The van der Waals surface area contributed by atoms with Crippen LogP contribution >= 0.6 is 0 Å². The molecule has 3 rings (SSSR count). The van der Waals surface area contributed by atoms with E-state index in [-0.39, 0.29) is 5.82 Å². The van der Waals surface area contributed by atoms with Gasteiger partial charge in [-0.2, -0.15) is 0 Å². The first-order valence-corrected chi connectivity index (χ1v) is 6.00.